The minimum Gasteiger partial charge on any atom is -0.307 e. The van der Waals surface area contributed by atoms with Crippen molar-refractivity contribution >= 4 is 5.65 Å². The molecule has 0 aliphatic carbocycles. The third-order valence-corrected chi connectivity index (χ3v) is 2.26. The SMILES string of the molecule is CC.CC.Cc1cn2cc(C(C)C)ccc2n1. The quantitative estimate of drug-likeness (QED) is 0.691. The molecule has 0 aromatic carbocycles. The Kier molecular flexibility index (Phi) is 7.27. The number of rotatable bonds is 1. The number of aromatic nitrogens is 2. The highest BCUT2D eigenvalue weighted by atomic mass is 15.0. The molecule has 2 rings (SSSR count). The van der Waals surface area contributed by atoms with Crippen LogP contribution in [0.1, 0.15) is 58.7 Å². The van der Waals surface area contributed by atoms with E-state index in [1.54, 1.807) is 0 Å². The number of aryl methyl sites for hydroxylation is 1. The van der Waals surface area contributed by atoms with Crippen LogP contribution in [0.15, 0.2) is 24.5 Å². The van der Waals surface area contributed by atoms with Crippen molar-refractivity contribution in [3.05, 3.63) is 35.8 Å². The second kappa shape index (κ2) is 7.88. The normalized spacial score (nSPS) is 9.41. The van der Waals surface area contributed by atoms with Crippen molar-refractivity contribution in [1.29, 1.82) is 0 Å². The smallest absolute Gasteiger partial charge is 0.136 e. The van der Waals surface area contributed by atoms with Gasteiger partial charge in [-0.05, 0) is 24.5 Å². The Morgan fingerprint density at radius 3 is 2.12 bits per heavy atom. The summed E-state index contributed by atoms with van der Waals surface area (Å²) in [6, 6.07) is 4.22. The van der Waals surface area contributed by atoms with E-state index in [1.165, 1.54) is 5.56 Å². The lowest BCUT2D eigenvalue weighted by Gasteiger charge is -2.04. The zero-order chi connectivity index (χ0) is 13.4. The Balaban J connectivity index is 0.000000581. The molecular weight excluding hydrogens is 208 g/mol. The molecule has 2 aromatic rings. The van der Waals surface area contributed by atoms with E-state index in [2.05, 4.69) is 47.8 Å². The fraction of sp³-hybridized carbons (Fsp3) is 0.533. The van der Waals surface area contributed by atoms with Crippen LogP contribution >= 0.6 is 0 Å². The van der Waals surface area contributed by atoms with Crippen LogP contribution in [0.5, 0.6) is 0 Å². The second-order valence-electron chi connectivity index (χ2n) is 3.76. The first-order chi connectivity index (χ1) is 8.16. The molecule has 0 amide bonds. The fourth-order valence-electron chi connectivity index (χ4n) is 1.48. The average molecular weight is 234 g/mol. The number of fused-ring (bicyclic) bond motifs is 1. The Morgan fingerprint density at radius 2 is 1.59 bits per heavy atom. The van der Waals surface area contributed by atoms with Gasteiger partial charge in [0.05, 0.1) is 5.69 Å². The summed E-state index contributed by atoms with van der Waals surface area (Å²) in [5, 5.41) is 0. The van der Waals surface area contributed by atoms with Crippen molar-refractivity contribution in [2.24, 2.45) is 0 Å². The number of nitrogens with zero attached hydrogens (tertiary/aromatic N) is 2. The monoisotopic (exact) mass is 234 g/mol. The van der Waals surface area contributed by atoms with Crippen LogP contribution < -0.4 is 0 Å². The summed E-state index contributed by atoms with van der Waals surface area (Å²) in [5.41, 5.74) is 3.45. The lowest BCUT2D eigenvalue weighted by Crippen LogP contribution is -1.91. The number of pyridine rings is 1. The largest absolute Gasteiger partial charge is 0.307 e. The van der Waals surface area contributed by atoms with E-state index in [0.717, 1.165) is 11.3 Å². The highest BCUT2D eigenvalue weighted by Crippen LogP contribution is 2.15. The predicted molar refractivity (Wildman–Crippen MR) is 76.7 cm³/mol. The Morgan fingerprint density at radius 1 is 1.00 bits per heavy atom. The Labute approximate surface area is 106 Å². The first-order valence-electron chi connectivity index (χ1n) is 6.62. The summed E-state index contributed by atoms with van der Waals surface area (Å²) in [7, 11) is 0. The summed E-state index contributed by atoms with van der Waals surface area (Å²) in [6.45, 7) is 14.4. The highest BCUT2D eigenvalue weighted by molar-refractivity contribution is 5.41. The molecule has 0 saturated heterocycles. The third-order valence-electron chi connectivity index (χ3n) is 2.26. The van der Waals surface area contributed by atoms with Crippen molar-refractivity contribution in [1.82, 2.24) is 9.38 Å². The molecule has 0 unspecified atom stereocenters. The van der Waals surface area contributed by atoms with E-state index in [9.17, 15) is 0 Å². The van der Waals surface area contributed by atoms with Gasteiger partial charge >= 0.3 is 0 Å². The minimum absolute atomic E-state index is 0.576. The van der Waals surface area contributed by atoms with Crippen LogP contribution in [-0.4, -0.2) is 9.38 Å². The molecule has 0 saturated carbocycles. The van der Waals surface area contributed by atoms with Crippen molar-refractivity contribution in [3.63, 3.8) is 0 Å². The summed E-state index contributed by atoms with van der Waals surface area (Å²) < 4.78 is 2.09. The fourth-order valence-corrected chi connectivity index (χ4v) is 1.48. The van der Waals surface area contributed by atoms with Crippen LogP contribution in [-0.2, 0) is 0 Å². The summed E-state index contributed by atoms with van der Waals surface area (Å²) >= 11 is 0. The molecule has 0 radical (unpaired) electrons. The molecule has 0 bridgehead atoms. The molecule has 2 heteroatoms. The zero-order valence-electron chi connectivity index (χ0n) is 12.3. The maximum atomic E-state index is 4.38. The van der Waals surface area contributed by atoms with E-state index >= 15 is 0 Å². The van der Waals surface area contributed by atoms with Gasteiger partial charge in [0.1, 0.15) is 5.65 Å². The molecule has 0 N–H and O–H groups in total. The molecule has 17 heavy (non-hydrogen) atoms. The van der Waals surface area contributed by atoms with Crippen LogP contribution in [0.4, 0.5) is 0 Å². The van der Waals surface area contributed by atoms with Gasteiger partial charge in [-0.2, -0.15) is 0 Å². The van der Waals surface area contributed by atoms with Crippen LogP contribution in [0.25, 0.3) is 5.65 Å². The predicted octanol–water partition coefficient (Wildman–Crippen LogP) is 4.82. The van der Waals surface area contributed by atoms with Gasteiger partial charge in [-0.3, -0.25) is 0 Å². The van der Waals surface area contributed by atoms with E-state index in [4.69, 9.17) is 0 Å². The standard InChI is InChI=1S/C11H14N2.2C2H6/c1-8(2)10-4-5-11-12-9(3)6-13(11)7-10;2*1-2/h4-8H,1-3H3;2*1-2H3. The molecule has 0 fully saturated rings. The summed E-state index contributed by atoms with van der Waals surface area (Å²) in [5.74, 6) is 0.576. The van der Waals surface area contributed by atoms with Crippen LogP contribution in [0.3, 0.4) is 0 Å². The van der Waals surface area contributed by atoms with Gasteiger partial charge in [0, 0.05) is 12.4 Å². The summed E-state index contributed by atoms with van der Waals surface area (Å²) in [4.78, 5) is 4.38. The molecule has 0 atom stereocenters. The molecule has 2 heterocycles. The van der Waals surface area contributed by atoms with E-state index in [0.29, 0.717) is 5.92 Å². The lowest BCUT2D eigenvalue weighted by atomic mass is 10.1. The van der Waals surface area contributed by atoms with Gasteiger partial charge < -0.3 is 4.40 Å². The molecular formula is C15H26N2. The van der Waals surface area contributed by atoms with Crippen molar-refractivity contribution in [2.75, 3.05) is 0 Å². The maximum Gasteiger partial charge on any atom is 0.136 e. The highest BCUT2D eigenvalue weighted by Gasteiger charge is 2.01. The zero-order valence-corrected chi connectivity index (χ0v) is 12.3. The molecule has 2 nitrogen and oxygen atoms in total. The van der Waals surface area contributed by atoms with E-state index < -0.39 is 0 Å². The summed E-state index contributed by atoms with van der Waals surface area (Å²) in [6.07, 6.45) is 4.21. The van der Waals surface area contributed by atoms with Gasteiger partial charge in [0.25, 0.3) is 0 Å². The van der Waals surface area contributed by atoms with Crippen molar-refractivity contribution < 1.29 is 0 Å². The second-order valence-corrected chi connectivity index (χ2v) is 3.76. The Bertz CT molecular complexity index is 427. The first kappa shape index (κ1) is 15.7. The molecule has 2 aromatic heterocycles. The lowest BCUT2D eigenvalue weighted by molar-refractivity contribution is 0.853. The minimum atomic E-state index is 0.576. The molecule has 0 spiro atoms. The third kappa shape index (κ3) is 4.22. The van der Waals surface area contributed by atoms with Crippen LogP contribution in [0.2, 0.25) is 0 Å². The Hall–Kier alpha value is -1.31. The van der Waals surface area contributed by atoms with Gasteiger partial charge in [0.2, 0.25) is 0 Å². The van der Waals surface area contributed by atoms with Gasteiger partial charge in [0.15, 0.2) is 0 Å². The number of hydrogen-bond acceptors (Lipinski definition) is 1. The molecule has 0 aliphatic heterocycles. The van der Waals surface area contributed by atoms with Gasteiger partial charge in [-0.25, -0.2) is 4.98 Å². The molecule has 96 valence electrons. The number of hydrogen-bond donors (Lipinski definition) is 0. The number of imidazole rings is 1. The average Bonchev–Trinajstić information content (AvgIpc) is 2.73. The van der Waals surface area contributed by atoms with Crippen LogP contribution in [0, 0.1) is 6.92 Å². The maximum absolute atomic E-state index is 4.38. The van der Waals surface area contributed by atoms with Gasteiger partial charge in [-0.15, -0.1) is 0 Å². The van der Waals surface area contributed by atoms with E-state index in [-0.39, 0.29) is 0 Å². The molecule has 0 aliphatic rings. The first-order valence-corrected chi connectivity index (χ1v) is 6.62. The van der Waals surface area contributed by atoms with Crippen molar-refractivity contribution in [3.8, 4) is 0 Å². The van der Waals surface area contributed by atoms with Gasteiger partial charge in [-0.1, -0.05) is 47.6 Å². The van der Waals surface area contributed by atoms with E-state index in [1.807, 2.05) is 34.6 Å². The topological polar surface area (TPSA) is 17.3 Å². The van der Waals surface area contributed by atoms with Crippen molar-refractivity contribution in [2.45, 2.75) is 54.4 Å².